The molecule has 0 radical (unpaired) electrons. The summed E-state index contributed by atoms with van der Waals surface area (Å²) in [5.74, 6) is -0.0147. The van der Waals surface area contributed by atoms with Gasteiger partial charge in [0.15, 0.2) is 11.5 Å². The number of fused-ring (bicyclic) bond motifs is 1. The average Bonchev–Trinajstić information content (AvgIpc) is 3.06. The van der Waals surface area contributed by atoms with E-state index in [2.05, 4.69) is 20.4 Å². The van der Waals surface area contributed by atoms with Gasteiger partial charge in [0.05, 0.1) is 11.4 Å². The number of carbonyl (C=O) groups is 1. The van der Waals surface area contributed by atoms with E-state index in [4.69, 9.17) is 0 Å². The van der Waals surface area contributed by atoms with Gasteiger partial charge in [0.1, 0.15) is 0 Å². The van der Waals surface area contributed by atoms with Crippen LogP contribution in [0.2, 0.25) is 0 Å². The Balaban J connectivity index is 1.70. The van der Waals surface area contributed by atoms with E-state index < -0.39 is 0 Å². The Hall–Kier alpha value is -3.80. The molecular formula is C21H16N4O2. The Labute approximate surface area is 154 Å². The summed E-state index contributed by atoms with van der Waals surface area (Å²) in [6, 6.07) is 20.7. The van der Waals surface area contributed by atoms with Gasteiger partial charge in [0.2, 0.25) is 0 Å². The molecule has 6 heteroatoms. The number of benzene rings is 3. The Morgan fingerprint density at radius 1 is 0.852 bits per heavy atom. The van der Waals surface area contributed by atoms with Gasteiger partial charge in [-0.15, -0.1) is 5.11 Å². The van der Waals surface area contributed by atoms with Gasteiger partial charge in [0, 0.05) is 11.1 Å². The highest BCUT2D eigenvalue weighted by Crippen LogP contribution is 2.29. The lowest BCUT2D eigenvalue weighted by Crippen LogP contribution is -1.96. The van der Waals surface area contributed by atoms with Gasteiger partial charge in [-0.05, 0) is 48.0 Å². The molecule has 0 atom stereocenters. The SMILES string of the molecule is CC(=O)c1ccc(N=Nc2c(-c3ccc4ccccc4c3)[nH][nH]c2=O)cc1. The summed E-state index contributed by atoms with van der Waals surface area (Å²) in [5.41, 5.74) is 2.45. The van der Waals surface area contributed by atoms with E-state index in [-0.39, 0.29) is 17.0 Å². The van der Waals surface area contributed by atoms with Crippen LogP contribution in [-0.2, 0) is 0 Å². The predicted molar refractivity (Wildman–Crippen MR) is 105 cm³/mol. The number of azo groups is 1. The molecule has 0 unspecified atom stereocenters. The largest absolute Gasteiger partial charge is 0.295 e. The first-order valence-corrected chi connectivity index (χ1v) is 8.44. The molecule has 132 valence electrons. The Morgan fingerprint density at radius 3 is 2.33 bits per heavy atom. The molecule has 0 aliphatic carbocycles. The molecule has 0 fully saturated rings. The number of hydrogen-bond acceptors (Lipinski definition) is 4. The van der Waals surface area contributed by atoms with E-state index >= 15 is 0 Å². The first-order valence-electron chi connectivity index (χ1n) is 8.44. The fourth-order valence-electron chi connectivity index (χ4n) is 2.87. The Kier molecular flexibility index (Phi) is 4.22. The molecule has 0 bridgehead atoms. The summed E-state index contributed by atoms with van der Waals surface area (Å²) in [6.07, 6.45) is 0. The van der Waals surface area contributed by atoms with Crippen LogP contribution in [0.4, 0.5) is 11.4 Å². The van der Waals surface area contributed by atoms with Crippen molar-refractivity contribution in [1.29, 1.82) is 0 Å². The van der Waals surface area contributed by atoms with Crippen molar-refractivity contribution in [2.75, 3.05) is 0 Å². The lowest BCUT2D eigenvalue weighted by Gasteiger charge is -2.02. The maximum absolute atomic E-state index is 12.2. The van der Waals surface area contributed by atoms with Crippen LogP contribution in [0, 0.1) is 0 Å². The number of aromatic amines is 2. The van der Waals surface area contributed by atoms with E-state index in [1.165, 1.54) is 6.92 Å². The van der Waals surface area contributed by atoms with Gasteiger partial charge >= 0.3 is 0 Å². The molecule has 0 saturated heterocycles. The van der Waals surface area contributed by atoms with Gasteiger partial charge in [-0.25, -0.2) is 0 Å². The maximum atomic E-state index is 12.2. The summed E-state index contributed by atoms with van der Waals surface area (Å²) >= 11 is 0. The van der Waals surface area contributed by atoms with Crippen LogP contribution in [0.1, 0.15) is 17.3 Å². The van der Waals surface area contributed by atoms with Crippen molar-refractivity contribution in [2.24, 2.45) is 10.2 Å². The number of nitrogens with one attached hydrogen (secondary N) is 2. The lowest BCUT2D eigenvalue weighted by atomic mass is 10.0. The first-order chi connectivity index (χ1) is 13.1. The molecule has 2 N–H and O–H groups in total. The second kappa shape index (κ2) is 6.84. The molecule has 0 amide bonds. The topological polar surface area (TPSA) is 90.4 Å². The zero-order valence-electron chi connectivity index (χ0n) is 14.6. The molecule has 4 rings (SSSR count). The normalized spacial score (nSPS) is 11.3. The number of hydrogen-bond donors (Lipinski definition) is 2. The van der Waals surface area contributed by atoms with E-state index in [1.54, 1.807) is 24.3 Å². The molecule has 1 heterocycles. The van der Waals surface area contributed by atoms with Crippen LogP contribution in [0.25, 0.3) is 22.0 Å². The van der Waals surface area contributed by atoms with Crippen LogP contribution in [-0.4, -0.2) is 16.0 Å². The fraction of sp³-hybridized carbons (Fsp3) is 0.0476. The summed E-state index contributed by atoms with van der Waals surface area (Å²) < 4.78 is 0. The van der Waals surface area contributed by atoms with Crippen LogP contribution in [0.5, 0.6) is 0 Å². The Morgan fingerprint density at radius 2 is 1.59 bits per heavy atom. The molecule has 0 saturated carbocycles. The van der Waals surface area contributed by atoms with Crippen molar-refractivity contribution in [2.45, 2.75) is 6.92 Å². The quantitative estimate of drug-likeness (QED) is 0.391. The number of H-pyrrole nitrogens is 2. The highest BCUT2D eigenvalue weighted by atomic mass is 16.1. The average molecular weight is 356 g/mol. The van der Waals surface area contributed by atoms with Gasteiger partial charge < -0.3 is 0 Å². The lowest BCUT2D eigenvalue weighted by molar-refractivity contribution is 0.101. The standard InChI is InChI=1S/C21H16N4O2/c1-13(26)14-8-10-18(11-9-14)22-24-20-19(23-25-21(20)27)17-7-6-15-4-2-3-5-16(15)12-17/h2-12H,1H3,(H2,23,25,27). The number of carbonyl (C=O) groups excluding carboxylic acids is 1. The third-order valence-corrected chi connectivity index (χ3v) is 4.33. The molecule has 0 aliphatic heterocycles. The third-order valence-electron chi connectivity index (χ3n) is 4.33. The second-order valence-electron chi connectivity index (χ2n) is 6.17. The minimum Gasteiger partial charge on any atom is -0.295 e. The van der Waals surface area contributed by atoms with E-state index in [0.29, 0.717) is 16.9 Å². The molecule has 6 nitrogen and oxygen atoms in total. The number of Topliss-reactive ketones (excluding diaryl/α,β-unsaturated/α-hetero) is 1. The van der Waals surface area contributed by atoms with Crippen molar-refractivity contribution >= 4 is 27.9 Å². The smallest absolute Gasteiger partial charge is 0.292 e. The minimum absolute atomic E-state index is 0.0147. The molecule has 27 heavy (non-hydrogen) atoms. The number of rotatable bonds is 4. The molecule has 1 aromatic heterocycles. The zero-order valence-corrected chi connectivity index (χ0v) is 14.6. The van der Waals surface area contributed by atoms with E-state index in [9.17, 15) is 9.59 Å². The highest BCUT2D eigenvalue weighted by Gasteiger charge is 2.12. The predicted octanol–water partition coefficient (Wildman–Crippen LogP) is 5.14. The molecule has 4 aromatic rings. The fourth-order valence-corrected chi connectivity index (χ4v) is 2.87. The molecule has 0 spiro atoms. The first kappa shape index (κ1) is 16.7. The van der Waals surface area contributed by atoms with Crippen molar-refractivity contribution < 1.29 is 4.79 Å². The van der Waals surface area contributed by atoms with Crippen molar-refractivity contribution in [3.8, 4) is 11.3 Å². The number of nitrogens with zero attached hydrogens (tertiary/aromatic N) is 2. The maximum Gasteiger partial charge on any atom is 0.292 e. The number of aromatic nitrogens is 2. The van der Waals surface area contributed by atoms with Crippen molar-refractivity contribution in [3.05, 3.63) is 82.6 Å². The molecular weight excluding hydrogens is 340 g/mol. The summed E-state index contributed by atoms with van der Waals surface area (Å²) in [4.78, 5) is 23.5. The van der Waals surface area contributed by atoms with Crippen LogP contribution >= 0.6 is 0 Å². The van der Waals surface area contributed by atoms with Gasteiger partial charge in [0.25, 0.3) is 5.56 Å². The zero-order chi connectivity index (χ0) is 18.8. The summed E-state index contributed by atoms with van der Waals surface area (Å²) in [5, 5.41) is 15.9. The van der Waals surface area contributed by atoms with E-state index in [1.807, 2.05) is 42.5 Å². The van der Waals surface area contributed by atoms with Gasteiger partial charge in [-0.2, -0.15) is 5.11 Å². The monoisotopic (exact) mass is 356 g/mol. The number of ketones is 1. The van der Waals surface area contributed by atoms with Crippen molar-refractivity contribution in [3.63, 3.8) is 0 Å². The van der Waals surface area contributed by atoms with Crippen LogP contribution in [0.3, 0.4) is 0 Å². The Bertz CT molecular complexity index is 1220. The summed E-state index contributed by atoms with van der Waals surface area (Å²) in [7, 11) is 0. The van der Waals surface area contributed by atoms with E-state index in [0.717, 1.165) is 16.3 Å². The van der Waals surface area contributed by atoms with Crippen LogP contribution < -0.4 is 5.56 Å². The van der Waals surface area contributed by atoms with Crippen LogP contribution in [0.15, 0.2) is 81.8 Å². The summed E-state index contributed by atoms with van der Waals surface area (Å²) in [6.45, 7) is 1.51. The van der Waals surface area contributed by atoms with Gasteiger partial charge in [-0.3, -0.25) is 19.8 Å². The minimum atomic E-state index is -0.345. The van der Waals surface area contributed by atoms with Crippen molar-refractivity contribution in [1.82, 2.24) is 10.2 Å². The third kappa shape index (κ3) is 3.32. The van der Waals surface area contributed by atoms with Gasteiger partial charge in [-0.1, -0.05) is 36.4 Å². The second-order valence-corrected chi connectivity index (χ2v) is 6.17. The molecule has 0 aliphatic rings. The highest BCUT2D eigenvalue weighted by molar-refractivity contribution is 5.94. The molecule has 3 aromatic carbocycles.